The number of para-hydroxylation sites is 2. The van der Waals surface area contributed by atoms with Crippen LogP contribution in [0.25, 0.3) is 0 Å². The van der Waals surface area contributed by atoms with E-state index in [9.17, 15) is 4.79 Å². The van der Waals surface area contributed by atoms with Crippen LogP contribution in [0.1, 0.15) is 19.4 Å². The van der Waals surface area contributed by atoms with Crippen LogP contribution in [-0.4, -0.2) is 69.8 Å². The predicted molar refractivity (Wildman–Crippen MR) is 128 cm³/mol. The second-order valence-corrected chi connectivity index (χ2v) is 7.93. The van der Waals surface area contributed by atoms with Gasteiger partial charge in [-0.1, -0.05) is 24.3 Å². The minimum Gasteiger partial charge on any atom is -0.492 e. The molecule has 168 valence electrons. The molecule has 1 amide bonds. The molecular weight excluding hydrogens is 388 g/mol. The molecule has 1 aliphatic rings. The standard InChI is InChI=1S/C25H36N4O2/c1-4-28(22-10-8-9-21(3)19-22)14-13-26-25(30)20-27-15-17-29(18-16-27)23-11-6-7-12-24(23)31-5-2/h6-12,19H,4-5,13-18,20H2,1-3H3,(H,26,30). The molecule has 0 unspecified atom stereocenters. The second-order valence-electron chi connectivity index (χ2n) is 7.93. The maximum atomic E-state index is 12.5. The molecule has 1 heterocycles. The third-order valence-corrected chi connectivity index (χ3v) is 5.70. The van der Waals surface area contributed by atoms with Gasteiger partial charge in [0.1, 0.15) is 5.75 Å². The zero-order valence-corrected chi connectivity index (χ0v) is 19.1. The van der Waals surface area contributed by atoms with Crippen LogP contribution in [0.4, 0.5) is 11.4 Å². The van der Waals surface area contributed by atoms with Gasteiger partial charge in [-0.05, 0) is 50.6 Å². The summed E-state index contributed by atoms with van der Waals surface area (Å²) in [5, 5.41) is 3.09. The molecule has 0 radical (unpaired) electrons. The third-order valence-electron chi connectivity index (χ3n) is 5.70. The zero-order chi connectivity index (χ0) is 22.1. The van der Waals surface area contributed by atoms with E-state index in [4.69, 9.17) is 4.74 Å². The Morgan fingerprint density at radius 1 is 1.06 bits per heavy atom. The molecule has 6 heteroatoms. The van der Waals surface area contributed by atoms with Crippen LogP contribution >= 0.6 is 0 Å². The summed E-state index contributed by atoms with van der Waals surface area (Å²) in [5.74, 6) is 1.04. The number of nitrogens with one attached hydrogen (secondary N) is 1. The summed E-state index contributed by atoms with van der Waals surface area (Å²) < 4.78 is 5.77. The molecule has 0 saturated carbocycles. The normalized spacial score (nSPS) is 14.4. The number of likely N-dealkylation sites (N-methyl/N-ethyl adjacent to an activating group) is 1. The van der Waals surface area contributed by atoms with E-state index in [0.29, 0.717) is 19.7 Å². The molecule has 0 spiro atoms. The lowest BCUT2D eigenvalue weighted by Gasteiger charge is -2.36. The van der Waals surface area contributed by atoms with Crippen molar-refractivity contribution in [1.29, 1.82) is 0 Å². The molecule has 6 nitrogen and oxygen atoms in total. The molecule has 1 aliphatic heterocycles. The van der Waals surface area contributed by atoms with E-state index in [2.05, 4.69) is 64.2 Å². The van der Waals surface area contributed by atoms with Crippen molar-refractivity contribution in [3.8, 4) is 5.75 Å². The highest BCUT2D eigenvalue weighted by atomic mass is 16.5. The van der Waals surface area contributed by atoms with Crippen LogP contribution < -0.4 is 19.9 Å². The van der Waals surface area contributed by atoms with Crippen molar-refractivity contribution in [2.45, 2.75) is 20.8 Å². The number of anilines is 2. The van der Waals surface area contributed by atoms with E-state index >= 15 is 0 Å². The first kappa shape index (κ1) is 22.9. The number of amides is 1. The summed E-state index contributed by atoms with van der Waals surface area (Å²) in [5.41, 5.74) is 3.60. The number of piperazine rings is 1. The minimum atomic E-state index is 0.100. The quantitative estimate of drug-likeness (QED) is 0.635. The molecule has 2 aromatic rings. The molecule has 1 saturated heterocycles. The Morgan fingerprint density at radius 3 is 2.55 bits per heavy atom. The number of ether oxygens (including phenoxy) is 1. The van der Waals surface area contributed by atoms with E-state index < -0.39 is 0 Å². The van der Waals surface area contributed by atoms with Crippen molar-refractivity contribution < 1.29 is 9.53 Å². The minimum absolute atomic E-state index is 0.100. The van der Waals surface area contributed by atoms with Gasteiger partial charge in [-0.3, -0.25) is 9.69 Å². The van der Waals surface area contributed by atoms with Crippen molar-refractivity contribution in [2.24, 2.45) is 0 Å². The third kappa shape index (κ3) is 6.62. The summed E-state index contributed by atoms with van der Waals surface area (Å²) in [6.45, 7) is 13.3. The average molecular weight is 425 g/mol. The number of benzene rings is 2. The lowest BCUT2D eigenvalue weighted by atomic mass is 10.2. The van der Waals surface area contributed by atoms with Crippen molar-refractivity contribution in [3.63, 3.8) is 0 Å². The summed E-state index contributed by atoms with van der Waals surface area (Å²) in [7, 11) is 0. The summed E-state index contributed by atoms with van der Waals surface area (Å²) in [6.07, 6.45) is 0. The van der Waals surface area contributed by atoms with Crippen LogP contribution in [0.2, 0.25) is 0 Å². The van der Waals surface area contributed by atoms with Crippen LogP contribution in [0.15, 0.2) is 48.5 Å². The van der Waals surface area contributed by atoms with Crippen LogP contribution in [0.3, 0.4) is 0 Å². The summed E-state index contributed by atoms with van der Waals surface area (Å²) in [6, 6.07) is 16.7. The first-order chi connectivity index (χ1) is 15.1. The topological polar surface area (TPSA) is 48.1 Å². The van der Waals surface area contributed by atoms with Gasteiger partial charge in [0, 0.05) is 51.5 Å². The van der Waals surface area contributed by atoms with Crippen LogP contribution in [0.5, 0.6) is 5.75 Å². The molecule has 31 heavy (non-hydrogen) atoms. The SMILES string of the molecule is CCOc1ccccc1N1CCN(CC(=O)NCCN(CC)c2cccc(C)c2)CC1. The number of hydrogen-bond acceptors (Lipinski definition) is 5. The van der Waals surface area contributed by atoms with Crippen molar-refractivity contribution in [1.82, 2.24) is 10.2 Å². The highest BCUT2D eigenvalue weighted by Gasteiger charge is 2.21. The molecule has 0 bridgehead atoms. The van der Waals surface area contributed by atoms with E-state index in [1.54, 1.807) is 0 Å². The number of hydrogen-bond donors (Lipinski definition) is 1. The molecule has 0 atom stereocenters. The highest BCUT2D eigenvalue weighted by molar-refractivity contribution is 5.78. The zero-order valence-electron chi connectivity index (χ0n) is 19.1. The number of rotatable bonds is 10. The first-order valence-corrected chi connectivity index (χ1v) is 11.4. The fourth-order valence-corrected chi connectivity index (χ4v) is 4.03. The number of nitrogens with zero attached hydrogens (tertiary/aromatic N) is 3. The molecule has 3 rings (SSSR count). The monoisotopic (exact) mass is 424 g/mol. The van der Waals surface area contributed by atoms with Crippen molar-refractivity contribution in [2.75, 3.05) is 68.8 Å². The number of carbonyl (C=O) groups excluding carboxylic acids is 1. The largest absolute Gasteiger partial charge is 0.492 e. The molecular formula is C25H36N4O2. The van der Waals surface area contributed by atoms with E-state index in [0.717, 1.165) is 50.7 Å². The number of carbonyl (C=O) groups is 1. The smallest absolute Gasteiger partial charge is 0.234 e. The fourth-order valence-electron chi connectivity index (χ4n) is 4.03. The Bertz CT molecular complexity index is 834. The maximum Gasteiger partial charge on any atom is 0.234 e. The molecule has 0 aromatic heterocycles. The molecule has 1 N–H and O–H groups in total. The van der Waals surface area contributed by atoms with Gasteiger partial charge in [0.2, 0.25) is 5.91 Å². The van der Waals surface area contributed by atoms with Crippen molar-refractivity contribution in [3.05, 3.63) is 54.1 Å². The molecule has 1 fully saturated rings. The van der Waals surface area contributed by atoms with E-state index in [-0.39, 0.29) is 5.91 Å². The Balaban J connectivity index is 1.41. The highest BCUT2D eigenvalue weighted by Crippen LogP contribution is 2.28. The molecule has 0 aliphatic carbocycles. The van der Waals surface area contributed by atoms with Gasteiger partial charge in [0.15, 0.2) is 0 Å². The van der Waals surface area contributed by atoms with Gasteiger partial charge in [-0.25, -0.2) is 0 Å². The van der Waals surface area contributed by atoms with Crippen LogP contribution in [0, 0.1) is 6.92 Å². The first-order valence-electron chi connectivity index (χ1n) is 11.4. The number of aryl methyl sites for hydroxylation is 1. The van der Waals surface area contributed by atoms with Gasteiger partial charge in [0.25, 0.3) is 0 Å². The van der Waals surface area contributed by atoms with Gasteiger partial charge in [-0.2, -0.15) is 0 Å². The summed E-state index contributed by atoms with van der Waals surface area (Å²) in [4.78, 5) is 19.3. The average Bonchev–Trinajstić information content (AvgIpc) is 2.78. The Kier molecular flexibility index (Phi) is 8.59. The fraction of sp³-hybridized carbons (Fsp3) is 0.480. The van der Waals surface area contributed by atoms with E-state index in [1.165, 1.54) is 11.3 Å². The summed E-state index contributed by atoms with van der Waals surface area (Å²) >= 11 is 0. The van der Waals surface area contributed by atoms with E-state index in [1.807, 2.05) is 25.1 Å². The van der Waals surface area contributed by atoms with Crippen molar-refractivity contribution >= 4 is 17.3 Å². The Morgan fingerprint density at radius 2 is 1.84 bits per heavy atom. The van der Waals surface area contributed by atoms with Gasteiger partial charge in [-0.15, -0.1) is 0 Å². The Hall–Kier alpha value is -2.73. The van der Waals surface area contributed by atoms with Gasteiger partial charge >= 0.3 is 0 Å². The second kappa shape index (κ2) is 11.6. The Labute approximate surface area is 186 Å². The van der Waals surface area contributed by atoms with Gasteiger partial charge in [0.05, 0.1) is 18.8 Å². The molecule has 2 aromatic carbocycles. The van der Waals surface area contributed by atoms with Crippen LogP contribution in [-0.2, 0) is 4.79 Å². The lowest BCUT2D eigenvalue weighted by molar-refractivity contribution is -0.122. The lowest BCUT2D eigenvalue weighted by Crippen LogP contribution is -2.50. The predicted octanol–water partition coefficient (Wildman–Crippen LogP) is 3.16. The maximum absolute atomic E-state index is 12.5. The van der Waals surface area contributed by atoms with Gasteiger partial charge < -0.3 is 19.9 Å².